The number of hydrogen-bond donors (Lipinski definition) is 0. The molecule has 0 aliphatic heterocycles. The Kier molecular flexibility index (Phi) is 11.4. The standard InChI is InChI=1S/C14H21/c1-3-5-7-9-11-13-14-12-10-8-6-4-2/h1,13H,4-9,11,14H2,2H3. The molecule has 0 unspecified atom stereocenters. The van der Waals surface area contributed by atoms with Crippen molar-refractivity contribution in [3.05, 3.63) is 6.42 Å². The summed E-state index contributed by atoms with van der Waals surface area (Å²) in [6.45, 7) is 2.19. The Labute approximate surface area is 89.5 Å². The molecule has 0 saturated carbocycles. The maximum Gasteiger partial charge on any atom is 0.0120 e. The van der Waals surface area contributed by atoms with Crippen LogP contribution in [-0.4, -0.2) is 0 Å². The zero-order valence-electron chi connectivity index (χ0n) is 9.31. The van der Waals surface area contributed by atoms with Crippen LogP contribution in [0.15, 0.2) is 0 Å². The van der Waals surface area contributed by atoms with Crippen molar-refractivity contribution in [2.45, 2.75) is 58.3 Å². The Morgan fingerprint density at radius 3 is 2.64 bits per heavy atom. The smallest absolute Gasteiger partial charge is 0.0120 e. The highest BCUT2D eigenvalue weighted by molar-refractivity contribution is 5.01. The first-order valence-electron chi connectivity index (χ1n) is 5.62. The molecule has 0 aliphatic rings. The van der Waals surface area contributed by atoms with Gasteiger partial charge in [0.2, 0.25) is 0 Å². The average Bonchev–Trinajstić information content (AvgIpc) is 2.21. The number of terminal acetylenes is 1. The molecule has 0 fully saturated rings. The molecule has 0 saturated heterocycles. The fraction of sp³-hybridized carbons (Fsp3) is 0.643. The van der Waals surface area contributed by atoms with Crippen LogP contribution in [0.25, 0.3) is 0 Å². The van der Waals surface area contributed by atoms with Crippen LogP contribution in [0.1, 0.15) is 58.3 Å². The Morgan fingerprint density at radius 1 is 1.07 bits per heavy atom. The van der Waals surface area contributed by atoms with Gasteiger partial charge in [-0.1, -0.05) is 19.8 Å². The van der Waals surface area contributed by atoms with E-state index in [1.807, 2.05) is 0 Å². The van der Waals surface area contributed by atoms with E-state index in [1.165, 1.54) is 19.3 Å². The third kappa shape index (κ3) is 11.1. The lowest BCUT2D eigenvalue weighted by molar-refractivity contribution is 0.740. The van der Waals surface area contributed by atoms with Gasteiger partial charge in [0.05, 0.1) is 0 Å². The highest BCUT2D eigenvalue weighted by Gasteiger charge is 1.87. The largest absolute Gasteiger partial charge is 0.120 e. The van der Waals surface area contributed by atoms with E-state index in [1.54, 1.807) is 0 Å². The summed E-state index contributed by atoms with van der Waals surface area (Å²) >= 11 is 0. The van der Waals surface area contributed by atoms with Gasteiger partial charge in [-0.05, 0) is 25.7 Å². The zero-order chi connectivity index (χ0) is 10.5. The van der Waals surface area contributed by atoms with Gasteiger partial charge in [0.15, 0.2) is 0 Å². The maximum absolute atomic E-state index is 5.15. The predicted octanol–water partition coefficient (Wildman–Crippen LogP) is 3.97. The molecule has 1 radical (unpaired) electrons. The van der Waals surface area contributed by atoms with E-state index in [0.29, 0.717) is 0 Å². The molecule has 0 aromatic rings. The number of unbranched alkanes of at least 4 members (excludes halogenated alkanes) is 7. The molecule has 0 rings (SSSR count). The van der Waals surface area contributed by atoms with E-state index in [4.69, 9.17) is 6.42 Å². The molecule has 14 heavy (non-hydrogen) atoms. The second-order valence-electron chi connectivity index (χ2n) is 3.40. The Balaban J connectivity index is 3.04. The van der Waals surface area contributed by atoms with Crippen molar-refractivity contribution in [3.8, 4) is 24.2 Å². The lowest BCUT2D eigenvalue weighted by Gasteiger charge is -1.93. The SMILES string of the molecule is C#CCCCC[CH]CC#CCCCC. The van der Waals surface area contributed by atoms with Crippen LogP contribution in [-0.2, 0) is 0 Å². The fourth-order valence-corrected chi connectivity index (χ4v) is 1.12. The van der Waals surface area contributed by atoms with Crippen molar-refractivity contribution < 1.29 is 0 Å². The molecule has 0 atom stereocenters. The quantitative estimate of drug-likeness (QED) is 0.420. The topological polar surface area (TPSA) is 0 Å². The second kappa shape index (κ2) is 12.1. The van der Waals surface area contributed by atoms with E-state index in [2.05, 4.69) is 31.1 Å². The number of hydrogen-bond acceptors (Lipinski definition) is 0. The molecule has 0 nitrogen and oxygen atoms in total. The minimum Gasteiger partial charge on any atom is -0.120 e. The molecule has 0 aromatic heterocycles. The second-order valence-corrected chi connectivity index (χ2v) is 3.40. The summed E-state index contributed by atoms with van der Waals surface area (Å²) in [7, 11) is 0. The molecule has 77 valence electrons. The monoisotopic (exact) mass is 189 g/mol. The van der Waals surface area contributed by atoms with Gasteiger partial charge < -0.3 is 0 Å². The summed E-state index contributed by atoms with van der Waals surface area (Å²) in [6, 6.07) is 0. The van der Waals surface area contributed by atoms with Crippen LogP contribution >= 0.6 is 0 Å². The molecule has 0 bridgehead atoms. The molecule has 0 heterocycles. The van der Waals surface area contributed by atoms with Gasteiger partial charge in [0, 0.05) is 19.3 Å². The molecular formula is C14H21. The minimum atomic E-state index is 0.913. The van der Waals surface area contributed by atoms with E-state index in [-0.39, 0.29) is 0 Å². The zero-order valence-corrected chi connectivity index (χ0v) is 9.31. The van der Waals surface area contributed by atoms with Crippen molar-refractivity contribution in [2.24, 2.45) is 0 Å². The van der Waals surface area contributed by atoms with Gasteiger partial charge in [0.25, 0.3) is 0 Å². The van der Waals surface area contributed by atoms with Crippen LogP contribution in [0, 0.1) is 30.6 Å². The van der Waals surface area contributed by atoms with Crippen LogP contribution in [0.2, 0.25) is 0 Å². The number of rotatable bonds is 7. The molecule has 0 amide bonds. The minimum absolute atomic E-state index is 0.913. The van der Waals surface area contributed by atoms with Crippen LogP contribution < -0.4 is 0 Å². The van der Waals surface area contributed by atoms with Gasteiger partial charge in [-0.15, -0.1) is 24.2 Å². The van der Waals surface area contributed by atoms with Crippen LogP contribution in [0.5, 0.6) is 0 Å². The van der Waals surface area contributed by atoms with Crippen molar-refractivity contribution in [1.82, 2.24) is 0 Å². The highest BCUT2D eigenvalue weighted by Crippen LogP contribution is 2.03. The summed E-state index contributed by atoms with van der Waals surface area (Å²) in [5.41, 5.74) is 0. The third-order valence-corrected chi connectivity index (χ3v) is 2.01. The summed E-state index contributed by atoms with van der Waals surface area (Å²) in [5.74, 6) is 8.99. The fourth-order valence-electron chi connectivity index (χ4n) is 1.12. The first-order chi connectivity index (χ1) is 6.91. The molecular weight excluding hydrogens is 168 g/mol. The molecule has 0 heteroatoms. The van der Waals surface area contributed by atoms with Crippen LogP contribution in [0.4, 0.5) is 0 Å². The summed E-state index contributed by atoms with van der Waals surface area (Å²) in [5, 5.41) is 0. The van der Waals surface area contributed by atoms with E-state index in [0.717, 1.165) is 32.1 Å². The summed E-state index contributed by atoms with van der Waals surface area (Å²) in [4.78, 5) is 0. The Bertz CT molecular complexity index is 196. The van der Waals surface area contributed by atoms with Crippen LogP contribution in [0.3, 0.4) is 0 Å². The summed E-state index contributed by atoms with van der Waals surface area (Å²) < 4.78 is 0. The third-order valence-electron chi connectivity index (χ3n) is 2.01. The van der Waals surface area contributed by atoms with Gasteiger partial charge >= 0.3 is 0 Å². The van der Waals surface area contributed by atoms with E-state index in [9.17, 15) is 0 Å². The molecule has 0 spiro atoms. The van der Waals surface area contributed by atoms with Gasteiger partial charge in [-0.2, -0.15) is 0 Å². The Morgan fingerprint density at radius 2 is 1.93 bits per heavy atom. The van der Waals surface area contributed by atoms with Crippen molar-refractivity contribution in [1.29, 1.82) is 0 Å². The highest BCUT2D eigenvalue weighted by atomic mass is 13.9. The molecule has 0 aromatic carbocycles. The normalized spacial score (nSPS) is 8.86. The van der Waals surface area contributed by atoms with E-state index < -0.39 is 0 Å². The maximum atomic E-state index is 5.15. The lowest BCUT2D eigenvalue weighted by Crippen LogP contribution is -1.78. The lowest BCUT2D eigenvalue weighted by atomic mass is 10.1. The van der Waals surface area contributed by atoms with Gasteiger partial charge in [-0.3, -0.25) is 0 Å². The average molecular weight is 189 g/mol. The van der Waals surface area contributed by atoms with Gasteiger partial charge in [0.1, 0.15) is 0 Å². The molecule has 0 N–H and O–H groups in total. The van der Waals surface area contributed by atoms with Crippen molar-refractivity contribution >= 4 is 0 Å². The predicted molar refractivity (Wildman–Crippen MR) is 63.5 cm³/mol. The molecule has 0 aliphatic carbocycles. The first-order valence-corrected chi connectivity index (χ1v) is 5.62. The Hall–Kier alpha value is -0.880. The van der Waals surface area contributed by atoms with Crippen molar-refractivity contribution in [3.63, 3.8) is 0 Å². The van der Waals surface area contributed by atoms with Crippen molar-refractivity contribution in [2.75, 3.05) is 0 Å². The summed E-state index contributed by atoms with van der Waals surface area (Å²) in [6.07, 6.45) is 16.3. The first kappa shape index (κ1) is 13.1. The van der Waals surface area contributed by atoms with E-state index >= 15 is 0 Å². The van der Waals surface area contributed by atoms with Gasteiger partial charge in [-0.25, -0.2) is 0 Å².